The number of hydrogen-bond donors (Lipinski definition) is 2. The zero-order valence-electron chi connectivity index (χ0n) is 10.2. The summed E-state index contributed by atoms with van der Waals surface area (Å²) < 4.78 is 0. The van der Waals surface area contributed by atoms with E-state index in [1.807, 2.05) is 6.07 Å². The first-order chi connectivity index (χ1) is 8.78. The summed E-state index contributed by atoms with van der Waals surface area (Å²) >= 11 is 0. The van der Waals surface area contributed by atoms with Crippen LogP contribution in [0.3, 0.4) is 0 Å². The van der Waals surface area contributed by atoms with Crippen molar-refractivity contribution in [1.29, 1.82) is 0 Å². The smallest absolute Gasteiger partial charge is 0.153 e. The van der Waals surface area contributed by atoms with Crippen LogP contribution in [0, 0.1) is 0 Å². The molecule has 1 aliphatic rings. The highest BCUT2D eigenvalue weighted by Gasteiger charge is 2.18. The van der Waals surface area contributed by atoms with Crippen molar-refractivity contribution in [3.8, 4) is 0 Å². The van der Waals surface area contributed by atoms with Crippen LogP contribution in [0.2, 0.25) is 0 Å². The summed E-state index contributed by atoms with van der Waals surface area (Å²) in [5.74, 6) is 1.11. The van der Waals surface area contributed by atoms with Gasteiger partial charge in [-0.15, -0.1) is 0 Å². The molecule has 1 aromatic rings. The molecule has 0 bridgehead atoms. The van der Waals surface area contributed by atoms with Gasteiger partial charge in [0.15, 0.2) is 5.84 Å². The maximum Gasteiger partial charge on any atom is 0.153 e. The predicted molar refractivity (Wildman–Crippen MR) is 67.2 cm³/mol. The van der Waals surface area contributed by atoms with E-state index in [4.69, 9.17) is 10.9 Å². The third-order valence-electron chi connectivity index (χ3n) is 2.96. The molecule has 1 aromatic heterocycles. The Hall–Kier alpha value is -1.73. The van der Waals surface area contributed by atoms with Crippen molar-refractivity contribution in [1.82, 2.24) is 19.8 Å². The Morgan fingerprint density at radius 3 is 2.44 bits per heavy atom. The zero-order valence-corrected chi connectivity index (χ0v) is 10.2. The van der Waals surface area contributed by atoms with Crippen molar-refractivity contribution in [2.75, 3.05) is 32.7 Å². The van der Waals surface area contributed by atoms with E-state index in [2.05, 4.69) is 24.9 Å². The third kappa shape index (κ3) is 3.64. The summed E-state index contributed by atoms with van der Waals surface area (Å²) in [7, 11) is 0. The quantitative estimate of drug-likeness (QED) is 0.319. The number of piperazine rings is 1. The Kier molecular flexibility index (Phi) is 4.43. The van der Waals surface area contributed by atoms with Crippen LogP contribution in [0.25, 0.3) is 0 Å². The van der Waals surface area contributed by atoms with E-state index in [1.165, 1.54) is 0 Å². The van der Waals surface area contributed by atoms with Crippen LogP contribution < -0.4 is 5.73 Å². The summed E-state index contributed by atoms with van der Waals surface area (Å²) in [5.41, 5.74) is 5.49. The second-order valence-corrected chi connectivity index (χ2v) is 4.31. The highest BCUT2D eigenvalue weighted by molar-refractivity contribution is 5.81. The molecule has 0 spiro atoms. The maximum atomic E-state index is 8.52. The first kappa shape index (κ1) is 12.7. The van der Waals surface area contributed by atoms with Gasteiger partial charge in [0.2, 0.25) is 0 Å². The van der Waals surface area contributed by atoms with Crippen molar-refractivity contribution in [3.63, 3.8) is 0 Å². The van der Waals surface area contributed by atoms with E-state index in [1.54, 1.807) is 12.4 Å². The summed E-state index contributed by atoms with van der Waals surface area (Å²) in [6, 6.07) is 1.82. The van der Waals surface area contributed by atoms with Gasteiger partial charge in [-0.2, -0.15) is 0 Å². The lowest BCUT2D eigenvalue weighted by atomic mass is 10.3. The average molecular weight is 250 g/mol. The molecule has 98 valence electrons. The van der Waals surface area contributed by atoms with Crippen LogP contribution >= 0.6 is 0 Å². The number of rotatable bonds is 4. The van der Waals surface area contributed by atoms with Crippen LogP contribution in [0.15, 0.2) is 23.6 Å². The van der Waals surface area contributed by atoms with Crippen LogP contribution in [0.4, 0.5) is 0 Å². The number of aromatic nitrogens is 2. The largest absolute Gasteiger partial charge is 0.409 e. The fourth-order valence-corrected chi connectivity index (χ4v) is 1.98. The highest BCUT2D eigenvalue weighted by atomic mass is 16.4. The Morgan fingerprint density at radius 1 is 1.22 bits per heavy atom. The molecule has 0 aromatic carbocycles. The summed E-state index contributed by atoms with van der Waals surface area (Å²) in [6.07, 6.45) is 3.52. The molecule has 7 nitrogen and oxygen atoms in total. The van der Waals surface area contributed by atoms with E-state index < -0.39 is 0 Å². The zero-order chi connectivity index (χ0) is 12.8. The Bertz CT molecular complexity index is 388. The molecule has 7 heteroatoms. The lowest BCUT2D eigenvalue weighted by Gasteiger charge is -2.33. The van der Waals surface area contributed by atoms with Crippen molar-refractivity contribution < 1.29 is 5.21 Å². The molecular weight excluding hydrogens is 232 g/mol. The van der Waals surface area contributed by atoms with Gasteiger partial charge < -0.3 is 10.9 Å². The van der Waals surface area contributed by atoms with Crippen molar-refractivity contribution in [3.05, 3.63) is 24.3 Å². The van der Waals surface area contributed by atoms with Gasteiger partial charge in [0.05, 0.1) is 13.1 Å². The number of nitrogens with two attached hydrogens (primary N) is 1. The molecular formula is C11H18N6O. The maximum absolute atomic E-state index is 8.52. The first-order valence-corrected chi connectivity index (χ1v) is 5.95. The molecule has 0 saturated carbocycles. The van der Waals surface area contributed by atoms with Gasteiger partial charge in [0.1, 0.15) is 5.82 Å². The van der Waals surface area contributed by atoms with E-state index in [-0.39, 0.29) is 5.84 Å². The van der Waals surface area contributed by atoms with Crippen LogP contribution in [0.1, 0.15) is 5.82 Å². The first-order valence-electron chi connectivity index (χ1n) is 5.95. The average Bonchev–Trinajstić information content (AvgIpc) is 2.42. The number of amidine groups is 1. The summed E-state index contributed by atoms with van der Waals surface area (Å²) in [5, 5.41) is 11.5. The molecule has 0 unspecified atom stereocenters. The monoisotopic (exact) mass is 250 g/mol. The summed E-state index contributed by atoms with van der Waals surface area (Å²) in [6.45, 7) is 4.99. The number of hydrogen-bond acceptors (Lipinski definition) is 6. The number of oxime groups is 1. The van der Waals surface area contributed by atoms with Gasteiger partial charge in [-0.3, -0.25) is 9.80 Å². The predicted octanol–water partition coefficient (Wildman–Crippen LogP) is -0.659. The molecule has 18 heavy (non-hydrogen) atoms. The Balaban J connectivity index is 1.77. The van der Waals surface area contributed by atoms with E-state index in [9.17, 15) is 0 Å². The van der Waals surface area contributed by atoms with E-state index in [0.29, 0.717) is 6.54 Å². The van der Waals surface area contributed by atoms with Crippen molar-refractivity contribution in [2.24, 2.45) is 10.9 Å². The SMILES string of the molecule is N/C(CN1CCN(Cc2ncccn2)CC1)=N\O. The lowest BCUT2D eigenvalue weighted by Crippen LogP contribution is -2.48. The fourth-order valence-electron chi connectivity index (χ4n) is 1.98. The molecule has 0 radical (unpaired) electrons. The second-order valence-electron chi connectivity index (χ2n) is 4.31. The van der Waals surface area contributed by atoms with Crippen LogP contribution in [-0.4, -0.2) is 63.5 Å². The normalized spacial score (nSPS) is 19.0. The second kappa shape index (κ2) is 6.27. The van der Waals surface area contributed by atoms with Crippen molar-refractivity contribution >= 4 is 5.84 Å². The van der Waals surface area contributed by atoms with Gasteiger partial charge in [0, 0.05) is 38.6 Å². The molecule has 2 heterocycles. The molecule has 0 aliphatic carbocycles. The molecule has 1 aliphatic heterocycles. The topological polar surface area (TPSA) is 90.9 Å². The standard InChI is InChI=1S/C11H18N6O/c12-10(15-18)8-16-4-6-17(7-5-16)9-11-13-2-1-3-14-11/h1-3,18H,4-9H2,(H2,12,15). The van der Waals surface area contributed by atoms with E-state index >= 15 is 0 Å². The van der Waals surface area contributed by atoms with Gasteiger partial charge in [0.25, 0.3) is 0 Å². The minimum absolute atomic E-state index is 0.259. The third-order valence-corrected chi connectivity index (χ3v) is 2.96. The van der Waals surface area contributed by atoms with Gasteiger partial charge in [-0.25, -0.2) is 9.97 Å². The minimum atomic E-state index is 0.259. The van der Waals surface area contributed by atoms with Crippen LogP contribution in [-0.2, 0) is 6.54 Å². The van der Waals surface area contributed by atoms with Gasteiger partial charge in [-0.05, 0) is 6.07 Å². The molecule has 1 saturated heterocycles. The Morgan fingerprint density at radius 2 is 1.83 bits per heavy atom. The highest BCUT2D eigenvalue weighted by Crippen LogP contribution is 2.04. The molecule has 0 atom stereocenters. The lowest BCUT2D eigenvalue weighted by molar-refractivity contribution is 0.136. The molecule has 0 amide bonds. The van der Waals surface area contributed by atoms with Crippen molar-refractivity contribution in [2.45, 2.75) is 6.54 Å². The van der Waals surface area contributed by atoms with Crippen LogP contribution in [0.5, 0.6) is 0 Å². The van der Waals surface area contributed by atoms with E-state index in [0.717, 1.165) is 38.5 Å². The Labute approximate surface area is 106 Å². The number of nitrogens with zero attached hydrogens (tertiary/aromatic N) is 5. The molecule has 3 N–H and O–H groups in total. The minimum Gasteiger partial charge on any atom is -0.409 e. The molecule has 2 rings (SSSR count). The molecule has 1 fully saturated rings. The van der Waals surface area contributed by atoms with Gasteiger partial charge >= 0.3 is 0 Å². The van der Waals surface area contributed by atoms with Gasteiger partial charge in [-0.1, -0.05) is 5.16 Å². The summed E-state index contributed by atoms with van der Waals surface area (Å²) in [4.78, 5) is 12.9. The fraction of sp³-hybridized carbons (Fsp3) is 0.545.